The molecule has 2 fully saturated rings. The standard InChI is InChI=1S/C37H64O7Si/c1-7-8-24-37(25-16-10-9-14-20-34(39)40)31(32(27-33(37)38)43-35-21-15-17-26-41-35)23-22-30(44-45(5,6)36(2,3)4)28-42-29-18-12-11-13-19-29/h11-13,18-19,30-33,35,38H,7-10,14-17,20-28H2,1-6H3,(H,39,40)/t30?,31-,32?,33-,35?,37+/m0/s1. The van der Waals surface area contributed by atoms with Crippen molar-refractivity contribution in [2.24, 2.45) is 11.3 Å². The molecule has 1 saturated carbocycles. The molecule has 0 aromatic heterocycles. The van der Waals surface area contributed by atoms with Crippen LogP contribution in [0.1, 0.15) is 124 Å². The third kappa shape index (κ3) is 11.6. The fraction of sp³-hybridized carbons (Fsp3) is 0.811. The summed E-state index contributed by atoms with van der Waals surface area (Å²) < 4.78 is 26.1. The van der Waals surface area contributed by atoms with Crippen LogP contribution in [0.5, 0.6) is 5.75 Å². The summed E-state index contributed by atoms with van der Waals surface area (Å²) in [4.78, 5) is 11.0. The van der Waals surface area contributed by atoms with Crippen molar-refractivity contribution in [1.29, 1.82) is 0 Å². The van der Waals surface area contributed by atoms with Crippen molar-refractivity contribution in [1.82, 2.24) is 0 Å². The quantitative estimate of drug-likeness (QED) is 0.108. The molecular formula is C37H64O7Si. The molecule has 1 aromatic carbocycles. The molecule has 45 heavy (non-hydrogen) atoms. The number of aliphatic hydroxyl groups excluding tert-OH is 1. The zero-order chi connectivity index (χ0) is 32.9. The number of aliphatic hydroxyl groups is 1. The van der Waals surface area contributed by atoms with Crippen molar-refractivity contribution in [3.05, 3.63) is 30.3 Å². The van der Waals surface area contributed by atoms with Gasteiger partial charge in [0.25, 0.3) is 0 Å². The highest BCUT2D eigenvalue weighted by molar-refractivity contribution is 6.74. The fourth-order valence-corrected chi connectivity index (χ4v) is 8.51. The van der Waals surface area contributed by atoms with Gasteiger partial charge in [0.2, 0.25) is 0 Å². The minimum atomic E-state index is -2.07. The summed E-state index contributed by atoms with van der Waals surface area (Å²) in [5, 5.41) is 21.0. The third-order valence-electron chi connectivity index (χ3n) is 10.8. The van der Waals surface area contributed by atoms with Gasteiger partial charge in [-0.15, -0.1) is 0 Å². The molecule has 3 unspecified atom stereocenters. The van der Waals surface area contributed by atoms with Crippen LogP contribution < -0.4 is 4.74 Å². The summed E-state index contributed by atoms with van der Waals surface area (Å²) in [7, 11) is -2.07. The second kappa shape index (κ2) is 18.2. The Labute approximate surface area is 274 Å². The maximum absolute atomic E-state index is 11.9. The number of benzene rings is 1. The van der Waals surface area contributed by atoms with Crippen molar-refractivity contribution < 1.29 is 33.6 Å². The van der Waals surface area contributed by atoms with Crippen LogP contribution in [-0.2, 0) is 18.7 Å². The Morgan fingerprint density at radius 1 is 1.07 bits per heavy atom. The monoisotopic (exact) mass is 648 g/mol. The molecule has 3 rings (SSSR count). The van der Waals surface area contributed by atoms with Gasteiger partial charge in [0.05, 0.1) is 18.3 Å². The molecule has 2 N–H and O–H groups in total. The second-order valence-corrected chi connectivity index (χ2v) is 19.9. The van der Waals surface area contributed by atoms with E-state index < -0.39 is 20.4 Å². The summed E-state index contributed by atoms with van der Waals surface area (Å²) in [6.07, 6.45) is 12.6. The molecule has 0 amide bonds. The van der Waals surface area contributed by atoms with Crippen LogP contribution in [0.15, 0.2) is 30.3 Å². The van der Waals surface area contributed by atoms with Gasteiger partial charge >= 0.3 is 5.97 Å². The maximum atomic E-state index is 11.9. The Kier molecular flexibility index (Phi) is 15.4. The lowest BCUT2D eigenvalue weighted by atomic mass is 9.67. The van der Waals surface area contributed by atoms with Gasteiger partial charge in [-0.1, -0.05) is 78.0 Å². The molecule has 7 nitrogen and oxygen atoms in total. The van der Waals surface area contributed by atoms with E-state index in [1.54, 1.807) is 0 Å². The summed E-state index contributed by atoms with van der Waals surface area (Å²) in [5.74, 6) is 0.315. The van der Waals surface area contributed by atoms with E-state index in [9.17, 15) is 9.90 Å². The minimum absolute atomic E-state index is 0.0597. The summed E-state index contributed by atoms with van der Waals surface area (Å²) in [6.45, 7) is 14.9. The van der Waals surface area contributed by atoms with E-state index in [4.69, 9.17) is 23.7 Å². The number of ether oxygens (including phenoxy) is 3. The van der Waals surface area contributed by atoms with Gasteiger partial charge in [0.1, 0.15) is 12.4 Å². The van der Waals surface area contributed by atoms with Crippen LogP contribution in [-0.4, -0.2) is 62.3 Å². The van der Waals surface area contributed by atoms with E-state index in [0.29, 0.717) is 19.4 Å². The molecule has 1 aromatic rings. The number of rotatable bonds is 20. The summed E-state index contributed by atoms with van der Waals surface area (Å²) in [6, 6.07) is 9.99. The molecule has 0 radical (unpaired) electrons. The number of hydrogen-bond acceptors (Lipinski definition) is 6. The topological polar surface area (TPSA) is 94.5 Å². The van der Waals surface area contributed by atoms with Crippen LogP contribution in [0.3, 0.4) is 0 Å². The number of para-hydroxylation sites is 1. The number of carboxylic acids is 1. The zero-order valence-corrected chi connectivity index (χ0v) is 30.2. The lowest BCUT2D eigenvalue weighted by Crippen LogP contribution is -2.46. The number of unbranched alkanes of at least 4 members (excludes halogenated alkanes) is 4. The SMILES string of the molecule is CCCC[C@]1(CCCCCCC(=O)O)[C@@H](O)CC(OC2CCCCO2)[C@@H]1CCC(COc1ccccc1)O[Si](C)(C)C(C)(C)C. The Bertz CT molecular complexity index is 975. The van der Waals surface area contributed by atoms with E-state index in [1.807, 2.05) is 30.3 Å². The third-order valence-corrected chi connectivity index (χ3v) is 15.3. The normalized spacial score (nSPS) is 26.6. The van der Waals surface area contributed by atoms with Crippen molar-refractivity contribution in [3.63, 3.8) is 0 Å². The average molecular weight is 649 g/mol. The Hall–Kier alpha value is -1.45. The summed E-state index contributed by atoms with van der Waals surface area (Å²) >= 11 is 0. The molecule has 1 aliphatic heterocycles. The predicted molar refractivity (Wildman–Crippen MR) is 183 cm³/mol. The molecule has 6 atom stereocenters. The Morgan fingerprint density at radius 2 is 1.78 bits per heavy atom. The van der Waals surface area contributed by atoms with Crippen LogP contribution in [0.25, 0.3) is 0 Å². The Balaban J connectivity index is 1.83. The molecule has 8 heteroatoms. The van der Waals surface area contributed by atoms with Crippen molar-refractivity contribution in [3.8, 4) is 5.75 Å². The van der Waals surface area contributed by atoms with Crippen LogP contribution in [0, 0.1) is 11.3 Å². The van der Waals surface area contributed by atoms with E-state index in [-0.39, 0.29) is 41.3 Å². The summed E-state index contributed by atoms with van der Waals surface area (Å²) in [5.41, 5.74) is -0.232. The van der Waals surface area contributed by atoms with Gasteiger partial charge in [-0.2, -0.15) is 0 Å². The van der Waals surface area contributed by atoms with Gasteiger partial charge in [0.15, 0.2) is 14.6 Å². The molecule has 258 valence electrons. The predicted octanol–water partition coefficient (Wildman–Crippen LogP) is 9.13. The lowest BCUT2D eigenvalue weighted by Gasteiger charge is -2.42. The molecule has 0 bridgehead atoms. The first-order valence-corrected chi connectivity index (χ1v) is 20.8. The number of hydrogen-bond donors (Lipinski definition) is 2. The highest BCUT2D eigenvalue weighted by Gasteiger charge is 2.54. The van der Waals surface area contributed by atoms with Crippen LogP contribution in [0.2, 0.25) is 18.1 Å². The van der Waals surface area contributed by atoms with Gasteiger partial charge in [0, 0.05) is 24.9 Å². The number of carbonyl (C=O) groups is 1. The van der Waals surface area contributed by atoms with Crippen molar-refractivity contribution in [2.45, 2.75) is 167 Å². The van der Waals surface area contributed by atoms with Crippen molar-refractivity contribution in [2.75, 3.05) is 13.2 Å². The second-order valence-electron chi connectivity index (χ2n) is 15.2. The average Bonchev–Trinajstić information content (AvgIpc) is 3.24. The first-order chi connectivity index (χ1) is 21.4. The van der Waals surface area contributed by atoms with Gasteiger partial charge in [-0.05, 0) is 87.5 Å². The Morgan fingerprint density at radius 3 is 2.42 bits per heavy atom. The maximum Gasteiger partial charge on any atom is 0.303 e. The fourth-order valence-electron chi connectivity index (χ4n) is 7.13. The van der Waals surface area contributed by atoms with E-state index in [0.717, 1.165) is 89.4 Å². The first kappa shape index (κ1) is 38.0. The smallest absolute Gasteiger partial charge is 0.303 e. The number of aliphatic carboxylic acids is 1. The van der Waals surface area contributed by atoms with E-state index in [2.05, 4.69) is 40.8 Å². The molecule has 1 aliphatic carbocycles. The molecule has 1 heterocycles. The highest BCUT2D eigenvalue weighted by atomic mass is 28.4. The van der Waals surface area contributed by atoms with Crippen LogP contribution >= 0.6 is 0 Å². The largest absolute Gasteiger partial charge is 0.491 e. The van der Waals surface area contributed by atoms with Gasteiger partial charge in [-0.3, -0.25) is 4.79 Å². The molecule has 0 spiro atoms. The van der Waals surface area contributed by atoms with Gasteiger partial charge in [-0.25, -0.2) is 0 Å². The minimum Gasteiger partial charge on any atom is -0.491 e. The van der Waals surface area contributed by atoms with E-state index >= 15 is 0 Å². The van der Waals surface area contributed by atoms with Crippen molar-refractivity contribution >= 4 is 14.3 Å². The number of carboxylic acid groups (broad SMARTS) is 1. The first-order valence-electron chi connectivity index (χ1n) is 17.9. The highest BCUT2D eigenvalue weighted by Crippen LogP contribution is 2.54. The van der Waals surface area contributed by atoms with Crippen LogP contribution in [0.4, 0.5) is 0 Å². The lowest BCUT2D eigenvalue weighted by molar-refractivity contribution is -0.199. The molecule has 1 saturated heterocycles. The zero-order valence-electron chi connectivity index (χ0n) is 29.2. The molecule has 2 aliphatic rings. The van der Waals surface area contributed by atoms with E-state index in [1.165, 1.54) is 0 Å². The van der Waals surface area contributed by atoms with Gasteiger partial charge < -0.3 is 28.8 Å². The molecular weight excluding hydrogens is 584 g/mol.